The van der Waals surface area contributed by atoms with Crippen molar-refractivity contribution >= 4 is 17.7 Å². The van der Waals surface area contributed by atoms with Gasteiger partial charge in [-0.05, 0) is 19.9 Å². The van der Waals surface area contributed by atoms with Gasteiger partial charge in [-0.1, -0.05) is 0 Å². The summed E-state index contributed by atoms with van der Waals surface area (Å²) >= 11 is 1.83. The predicted molar refractivity (Wildman–Crippen MR) is 56.4 cm³/mol. The highest BCUT2D eigenvalue weighted by Crippen LogP contribution is 2.30. The van der Waals surface area contributed by atoms with Crippen LogP contribution in [0.15, 0.2) is 6.07 Å². The first-order valence-electron chi connectivity index (χ1n) is 4.68. The molecule has 0 radical (unpaired) electrons. The Labute approximate surface area is 87.4 Å². The van der Waals surface area contributed by atoms with Crippen LogP contribution in [0.2, 0.25) is 0 Å². The van der Waals surface area contributed by atoms with Crippen LogP contribution < -0.4 is 0 Å². The highest BCUT2D eigenvalue weighted by molar-refractivity contribution is 7.97. The van der Waals surface area contributed by atoms with E-state index in [4.69, 9.17) is 4.74 Å². The summed E-state index contributed by atoms with van der Waals surface area (Å²) in [6.07, 6.45) is 0. The van der Waals surface area contributed by atoms with E-state index in [-0.39, 0.29) is 5.97 Å². The number of rotatable bonds is 2. The van der Waals surface area contributed by atoms with Gasteiger partial charge in [0, 0.05) is 17.1 Å². The number of carbonyl (C=O) groups excluding carboxylic acids is 1. The van der Waals surface area contributed by atoms with Gasteiger partial charge in [-0.25, -0.2) is 4.79 Å². The first-order chi connectivity index (χ1) is 6.74. The van der Waals surface area contributed by atoms with E-state index in [0.29, 0.717) is 6.61 Å². The Balaban J connectivity index is 2.35. The number of hydrogen-bond donors (Lipinski definition) is 0. The van der Waals surface area contributed by atoms with Crippen LogP contribution in [0, 0.1) is 6.92 Å². The minimum atomic E-state index is -0.188. The highest BCUT2D eigenvalue weighted by Gasteiger charge is 2.22. The Morgan fingerprint density at radius 3 is 3.21 bits per heavy atom. The van der Waals surface area contributed by atoms with Crippen LogP contribution in [-0.4, -0.2) is 17.1 Å². The molecule has 2 rings (SSSR count). The van der Waals surface area contributed by atoms with Crippen molar-refractivity contribution in [2.75, 3.05) is 6.61 Å². The number of esters is 1. The first-order valence-corrected chi connectivity index (χ1v) is 5.83. The number of ether oxygens (including phenoxy) is 1. The average Bonchev–Trinajstić information content (AvgIpc) is 2.70. The van der Waals surface area contributed by atoms with Crippen LogP contribution in [0.25, 0.3) is 0 Å². The number of carbonyl (C=O) groups is 1. The van der Waals surface area contributed by atoms with E-state index in [0.717, 1.165) is 28.6 Å². The smallest absolute Gasteiger partial charge is 0.339 e. The molecule has 4 heteroatoms. The molecule has 2 heterocycles. The second-order valence-electron chi connectivity index (χ2n) is 3.27. The number of aryl methyl sites for hydroxylation is 1. The molecule has 0 bridgehead atoms. The Morgan fingerprint density at radius 2 is 2.50 bits per heavy atom. The first kappa shape index (κ1) is 9.65. The van der Waals surface area contributed by atoms with E-state index in [9.17, 15) is 4.79 Å². The molecule has 0 saturated carbocycles. The zero-order chi connectivity index (χ0) is 10.1. The summed E-state index contributed by atoms with van der Waals surface area (Å²) in [5, 5.41) is 0. The average molecular weight is 211 g/mol. The van der Waals surface area contributed by atoms with E-state index < -0.39 is 0 Å². The number of hydrogen-bond acceptors (Lipinski definition) is 3. The summed E-state index contributed by atoms with van der Waals surface area (Å²) in [4.78, 5) is 11.6. The van der Waals surface area contributed by atoms with E-state index >= 15 is 0 Å². The van der Waals surface area contributed by atoms with Gasteiger partial charge in [0.15, 0.2) is 0 Å². The SMILES string of the molecule is CCOC(=O)c1cc(C)n2c1CSC2. The maximum absolute atomic E-state index is 11.6. The van der Waals surface area contributed by atoms with Gasteiger partial charge in [-0.15, -0.1) is 11.8 Å². The van der Waals surface area contributed by atoms with Crippen LogP contribution in [-0.2, 0) is 16.4 Å². The summed E-state index contributed by atoms with van der Waals surface area (Å²) < 4.78 is 7.18. The van der Waals surface area contributed by atoms with Crippen LogP contribution in [0.3, 0.4) is 0 Å². The zero-order valence-electron chi connectivity index (χ0n) is 8.37. The Morgan fingerprint density at radius 1 is 1.71 bits per heavy atom. The predicted octanol–water partition coefficient (Wildman–Crippen LogP) is 2.18. The molecule has 76 valence electrons. The summed E-state index contributed by atoms with van der Waals surface area (Å²) in [5.74, 6) is 1.69. The molecule has 0 aliphatic carbocycles. The summed E-state index contributed by atoms with van der Waals surface area (Å²) in [6, 6.07) is 1.92. The topological polar surface area (TPSA) is 31.2 Å². The maximum atomic E-state index is 11.6. The van der Waals surface area contributed by atoms with Gasteiger partial charge >= 0.3 is 5.97 Å². The van der Waals surface area contributed by atoms with Gasteiger partial charge in [-0.3, -0.25) is 0 Å². The van der Waals surface area contributed by atoms with Crippen LogP contribution in [0.1, 0.15) is 28.7 Å². The van der Waals surface area contributed by atoms with Gasteiger partial charge in [-0.2, -0.15) is 0 Å². The van der Waals surface area contributed by atoms with Crippen molar-refractivity contribution in [3.05, 3.63) is 23.0 Å². The van der Waals surface area contributed by atoms with E-state index in [1.54, 1.807) is 0 Å². The fourth-order valence-electron chi connectivity index (χ4n) is 1.68. The fraction of sp³-hybridized carbons (Fsp3) is 0.500. The van der Waals surface area contributed by atoms with Gasteiger partial charge in [0.05, 0.1) is 18.0 Å². The Hall–Kier alpha value is -0.900. The van der Waals surface area contributed by atoms with Crippen LogP contribution in [0.5, 0.6) is 0 Å². The van der Waals surface area contributed by atoms with Gasteiger partial charge < -0.3 is 9.30 Å². The van der Waals surface area contributed by atoms with Crippen molar-refractivity contribution in [1.82, 2.24) is 4.57 Å². The van der Waals surface area contributed by atoms with Crippen molar-refractivity contribution in [2.24, 2.45) is 0 Å². The van der Waals surface area contributed by atoms with E-state index in [1.807, 2.05) is 31.7 Å². The molecule has 1 aromatic rings. The van der Waals surface area contributed by atoms with Crippen molar-refractivity contribution in [1.29, 1.82) is 0 Å². The molecule has 14 heavy (non-hydrogen) atoms. The summed E-state index contributed by atoms with van der Waals surface area (Å²) in [7, 11) is 0. The van der Waals surface area contributed by atoms with Gasteiger partial charge in [0.25, 0.3) is 0 Å². The second-order valence-corrected chi connectivity index (χ2v) is 4.23. The number of fused-ring (bicyclic) bond motifs is 1. The third-order valence-electron chi connectivity index (χ3n) is 2.37. The van der Waals surface area contributed by atoms with Crippen molar-refractivity contribution < 1.29 is 9.53 Å². The molecule has 1 aliphatic heterocycles. The van der Waals surface area contributed by atoms with Gasteiger partial charge in [0.1, 0.15) is 0 Å². The molecule has 0 fully saturated rings. The summed E-state index contributed by atoms with van der Waals surface area (Å²) in [6.45, 7) is 4.30. The molecule has 0 spiro atoms. The molecule has 0 unspecified atom stereocenters. The molecular weight excluding hydrogens is 198 g/mol. The minimum absolute atomic E-state index is 0.188. The third-order valence-corrected chi connectivity index (χ3v) is 3.29. The zero-order valence-corrected chi connectivity index (χ0v) is 9.19. The lowest BCUT2D eigenvalue weighted by molar-refractivity contribution is 0.0525. The molecule has 0 N–H and O–H groups in total. The summed E-state index contributed by atoms with van der Waals surface area (Å²) in [5.41, 5.74) is 3.01. The molecule has 0 atom stereocenters. The quantitative estimate of drug-likeness (QED) is 0.703. The fourth-order valence-corrected chi connectivity index (χ4v) is 2.82. The Kier molecular flexibility index (Phi) is 2.54. The lowest BCUT2D eigenvalue weighted by Crippen LogP contribution is -2.06. The largest absolute Gasteiger partial charge is 0.462 e. The monoisotopic (exact) mass is 211 g/mol. The number of nitrogens with zero attached hydrogens (tertiary/aromatic N) is 1. The molecule has 1 aromatic heterocycles. The van der Waals surface area contributed by atoms with E-state index in [2.05, 4.69) is 4.57 Å². The second kappa shape index (κ2) is 3.69. The highest BCUT2D eigenvalue weighted by atomic mass is 32.2. The lowest BCUT2D eigenvalue weighted by Gasteiger charge is -2.01. The van der Waals surface area contributed by atoms with Crippen molar-refractivity contribution in [3.8, 4) is 0 Å². The molecular formula is C10H13NO2S. The standard InChI is InChI=1S/C10H13NO2S/c1-3-13-10(12)8-4-7(2)11-6-14-5-9(8)11/h4H,3,5-6H2,1-2H3. The van der Waals surface area contributed by atoms with Crippen molar-refractivity contribution in [2.45, 2.75) is 25.5 Å². The van der Waals surface area contributed by atoms with Gasteiger partial charge in [0.2, 0.25) is 0 Å². The van der Waals surface area contributed by atoms with Crippen LogP contribution >= 0.6 is 11.8 Å². The van der Waals surface area contributed by atoms with E-state index in [1.165, 1.54) is 0 Å². The third kappa shape index (κ3) is 1.43. The van der Waals surface area contributed by atoms with Crippen LogP contribution in [0.4, 0.5) is 0 Å². The normalized spacial score (nSPS) is 14.1. The number of thioether (sulfide) groups is 1. The minimum Gasteiger partial charge on any atom is -0.462 e. The Bertz CT molecular complexity index is 370. The maximum Gasteiger partial charge on any atom is 0.339 e. The molecule has 3 nitrogen and oxygen atoms in total. The molecule has 0 aromatic carbocycles. The molecule has 0 saturated heterocycles. The molecule has 1 aliphatic rings. The van der Waals surface area contributed by atoms with Crippen molar-refractivity contribution in [3.63, 3.8) is 0 Å². The number of aromatic nitrogens is 1. The molecule has 0 amide bonds. The lowest BCUT2D eigenvalue weighted by atomic mass is 10.2.